The molecule has 7 heteroatoms. The molecule has 1 aliphatic rings. The summed E-state index contributed by atoms with van der Waals surface area (Å²) < 4.78 is 18.9. The standard InChI is InChI=1S/C19H25FN4O2/c1-19(2,3)26-18(25)21-11-13-6-8-24(9-7-13)17-15-10-14(20)4-5-16(15)22-12-23-17/h4-5,10,12-13H,6-9,11H2,1-3H3,(H,21,25). The van der Waals surface area contributed by atoms with Crippen molar-refractivity contribution in [2.45, 2.75) is 39.2 Å². The number of carbonyl (C=O) groups excluding carboxylic acids is 1. The molecule has 1 aromatic heterocycles. The van der Waals surface area contributed by atoms with Gasteiger partial charge >= 0.3 is 6.09 Å². The van der Waals surface area contributed by atoms with Crippen molar-refractivity contribution < 1.29 is 13.9 Å². The first-order chi connectivity index (χ1) is 12.3. The lowest BCUT2D eigenvalue weighted by Gasteiger charge is -2.33. The van der Waals surface area contributed by atoms with Crippen LogP contribution in [0.15, 0.2) is 24.5 Å². The number of ether oxygens (including phenoxy) is 1. The Hall–Kier alpha value is -2.44. The SMILES string of the molecule is CC(C)(C)OC(=O)NCC1CCN(c2ncnc3ccc(F)cc23)CC1. The van der Waals surface area contributed by atoms with Gasteiger partial charge in [-0.3, -0.25) is 0 Å². The van der Waals surface area contributed by atoms with Crippen molar-refractivity contribution >= 4 is 22.8 Å². The van der Waals surface area contributed by atoms with Crippen molar-refractivity contribution in [3.8, 4) is 0 Å². The number of fused-ring (bicyclic) bond motifs is 1. The van der Waals surface area contributed by atoms with E-state index < -0.39 is 5.60 Å². The van der Waals surface area contributed by atoms with Crippen LogP contribution < -0.4 is 10.2 Å². The minimum Gasteiger partial charge on any atom is -0.444 e. The van der Waals surface area contributed by atoms with Gasteiger partial charge in [0.15, 0.2) is 0 Å². The number of amides is 1. The number of hydrogen-bond donors (Lipinski definition) is 1. The zero-order valence-corrected chi connectivity index (χ0v) is 15.5. The van der Waals surface area contributed by atoms with Crippen molar-refractivity contribution in [1.82, 2.24) is 15.3 Å². The molecule has 1 fully saturated rings. The molecule has 0 atom stereocenters. The van der Waals surface area contributed by atoms with Crippen molar-refractivity contribution in [2.75, 3.05) is 24.5 Å². The predicted molar refractivity (Wildman–Crippen MR) is 98.7 cm³/mol. The molecule has 2 heterocycles. The summed E-state index contributed by atoms with van der Waals surface area (Å²) >= 11 is 0. The molecule has 2 aromatic rings. The second-order valence-electron chi connectivity index (χ2n) is 7.67. The van der Waals surface area contributed by atoms with Gasteiger partial charge in [-0.2, -0.15) is 0 Å². The fraction of sp³-hybridized carbons (Fsp3) is 0.526. The molecule has 26 heavy (non-hydrogen) atoms. The number of aromatic nitrogens is 2. The normalized spacial score (nSPS) is 15.9. The zero-order valence-electron chi connectivity index (χ0n) is 15.5. The van der Waals surface area contributed by atoms with E-state index in [1.54, 1.807) is 6.07 Å². The lowest BCUT2D eigenvalue weighted by molar-refractivity contribution is 0.0517. The van der Waals surface area contributed by atoms with Gasteiger partial charge in [-0.1, -0.05) is 0 Å². The van der Waals surface area contributed by atoms with E-state index in [9.17, 15) is 9.18 Å². The molecule has 1 aliphatic heterocycles. The maximum atomic E-state index is 13.6. The molecule has 0 bridgehead atoms. The Bertz CT molecular complexity index is 783. The number of nitrogens with one attached hydrogen (secondary N) is 1. The highest BCUT2D eigenvalue weighted by molar-refractivity contribution is 5.89. The van der Waals surface area contributed by atoms with Crippen LogP contribution in [0.25, 0.3) is 10.9 Å². The second-order valence-corrected chi connectivity index (χ2v) is 7.67. The fourth-order valence-corrected chi connectivity index (χ4v) is 3.16. The van der Waals surface area contributed by atoms with E-state index in [2.05, 4.69) is 20.2 Å². The molecule has 0 spiro atoms. The van der Waals surface area contributed by atoms with Crippen LogP contribution >= 0.6 is 0 Å². The van der Waals surface area contributed by atoms with E-state index >= 15 is 0 Å². The first-order valence-corrected chi connectivity index (χ1v) is 8.94. The summed E-state index contributed by atoms with van der Waals surface area (Å²) in [6.07, 6.45) is 3.00. The van der Waals surface area contributed by atoms with Gasteiger partial charge in [0, 0.05) is 25.0 Å². The summed E-state index contributed by atoms with van der Waals surface area (Å²) in [4.78, 5) is 22.5. The van der Waals surface area contributed by atoms with Crippen LogP contribution in [0.4, 0.5) is 15.0 Å². The highest BCUT2D eigenvalue weighted by atomic mass is 19.1. The fourth-order valence-electron chi connectivity index (χ4n) is 3.16. The van der Waals surface area contributed by atoms with Crippen LogP contribution in [0.5, 0.6) is 0 Å². The number of halogens is 1. The number of alkyl carbamates (subject to hydrolysis) is 1. The van der Waals surface area contributed by atoms with Crippen molar-refractivity contribution in [3.05, 3.63) is 30.3 Å². The number of rotatable bonds is 3. The maximum Gasteiger partial charge on any atom is 0.407 e. The van der Waals surface area contributed by atoms with Crippen molar-refractivity contribution in [3.63, 3.8) is 0 Å². The van der Waals surface area contributed by atoms with Gasteiger partial charge in [-0.25, -0.2) is 19.2 Å². The van der Waals surface area contributed by atoms with E-state index in [0.717, 1.165) is 42.7 Å². The Morgan fingerprint density at radius 3 is 2.73 bits per heavy atom. The third-order valence-corrected chi connectivity index (χ3v) is 4.42. The smallest absolute Gasteiger partial charge is 0.407 e. The van der Waals surface area contributed by atoms with E-state index in [0.29, 0.717) is 12.5 Å². The van der Waals surface area contributed by atoms with Crippen LogP contribution in [-0.2, 0) is 4.74 Å². The predicted octanol–water partition coefficient (Wildman–Crippen LogP) is 3.51. The molecule has 6 nitrogen and oxygen atoms in total. The average molecular weight is 360 g/mol. The maximum absolute atomic E-state index is 13.6. The number of hydrogen-bond acceptors (Lipinski definition) is 5. The number of benzene rings is 1. The van der Waals surface area contributed by atoms with Crippen LogP contribution in [0.3, 0.4) is 0 Å². The summed E-state index contributed by atoms with van der Waals surface area (Å²) in [6.45, 7) is 7.76. The van der Waals surface area contributed by atoms with Gasteiger partial charge in [0.1, 0.15) is 23.6 Å². The summed E-state index contributed by atoms with van der Waals surface area (Å²) in [5.74, 6) is 0.877. The Morgan fingerprint density at radius 2 is 2.04 bits per heavy atom. The third-order valence-electron chi connectivity index (χ3n) is 4.42. The van der Waals surface area contributed by atoms with Gasteiger partial charge < -0.3 is 15.0 Å². The minimum absolute atomic E-state index is 0.287. The third kappa shape index (κ3) is 4.59. The largest absolute Gasteiger partial charge is 0.444 e. The summed E-state index contributed by atoms with van der Waals surface area (Å²) in [7, 11) is 0. The van der Waals surface area contributed by atoms with Crippen LogP contribution in [0.2, 0.25) is 0 Å². The van der Waals surface area contributed by atoms with E-state index in [4.69, 9.17) is 4.74 Å². The summed E-state index contributed by atoms with van der Waals surface area (Å²) in [5, 5.41) is 3.58. The molecule has 1 amide bonds. The van der Waals surface area contributed by atoms with Gasteiger partial charge in [0.2, 0.25) is 0 Å². The van der Waals surface area contributed by atoms with E-state index in [1.165, 1.54) is 18.5 Å². The quantitative estimate of drug-likeness (QED) is 0.907. The first-order valence-electron chi connectivity index (χ1n) is 8.94. The molecule has 140 valence electrons. The zero-order chi connectivity index (χ0) is 18.7. The van der Waals surface area contributed by atoms with Crippen LogP contribution in [-0.4, -0.2) is 41.3 Å². The summed E-state index contributed by atoms with van der Waals surface area (Å²) in [6, 6.07) is 4.57. The monoisotopic (exact) mass is 360 g/mol. The van der Waals surface area contributed by atoms with Gasteiger partial charge in [-0.15, -0.1) is 0 Å². The molecule has 1 N–H and O–H groups in total. The van der Waals surface area contributed by atoms with Gasteiger partial charge in [0.25, 0.3) is 0 Å². The Labute approximate surface area is 152 Å². The summed E-state index contributed by atoms with van der Waals surface area (Å²) in [5.41, 5.74) is 0.252. The molecule has 1 aromatic carbocycles. The Kier molecular flexibility index (Phi) is 5.25. The number of piperidine rings is 1. The molecular weight excluding hydrogens is 335 g/mol. The van der Waals surface area contributed by atoms with Crippen LogP contribution in [0.1, 0.15) is 33.6 Å². The average Bonchev–Trinajstić information content (AvgIpc) is 2.58. The Balaban J connectivity index is 1.58. The van der Waals surface area contributed by atoms with Gasteiger partial charge in [0.05, 0.1) is 5.52 Å². The van der Waals surface area contributed by atoms with Crippen LogP contribution in [0, 0.1) is 11.7 Å². The second kappa shape index (κ2) is 7.43. The molecule has 0 saturated carbocycles. The topological polar surface area (TPSA) is 67.3 Å². The minimum atomic E-state index is -0.489. The number of carbonyl (C=O) groups is 1. The Morgan fingerprint density at radius 1 is 1.31 bits per heavy atom. The number of nitrogens with zero attached hydrogens (tertiary/aromatic N) is 3. The molecule has 0 aliphatic carbocycles. The lowest BCUT2D eigenvalue weighted by Crippen LogP contribution is -2.40. The van der Waals surface area contributed by atoms with E-state index in [1.807, 2.05) is 20.8 Å². The first kappa shape index (κ1) is 18.4. The van der Waals surface area contributed by atoms with Crippen molar-refractivity contribution in [2.24, 2.45) is 5.92 Å². The molecule has 3 rings (SSSR count). The lowest BCUT2D eigenvalue weighted by atomic mass is 9.96. The van der Waals surface area contributed by atoms with E-state index in [-0.39, 0.29) is 11.9 Å². The number of anilines is 1. The highest BCUT2D eigenvalue weighted by Gasteiger charge is 2.23. The molecule has 0 radical (unpaired) electrons. The highest BCUT2D eigenvalue weighted by Crippen LogP contribution is 2.27. The molecule has 0 unspecified atom stereocenters. The molecular formula is C19H25FN4O2. The van der Waals surface area contributed by atoms with Gasteiger partial charge in [-0.05, 0) is 57.7 Å². The molecule has 1 saturated heterocycles. The van der Waals surface area contributed by atoms with Crippen molar-refractivity contribution in [1.29, 1.82) is 0 Å².